The predicted octanol–water partition coefficient (Wildman–Crippen LogP) is 5.32. The van der Waals surface area contributed by atoms with Crippen LogP contribution in [0.4, 0.5) is 11.4 Å². The van der Waals surface area contributed by atoms with Crippen molar-refractivity contribution in [2.24, 2.45) is 0 Å². The van der Waals surface area contributed by atoms with Crippen molar-refractivity contribution in [3.63, 3.8) is 0 Å². The van der Waals surface area contributed by atoms with E-state index in [2.05, 4.69) is 24.5 Å². The van der Waals surface area contributed by atoms with Gasteiger partial charge in [-0.15, -0.1) is 0 Å². The number of hydrogen-bond acceptors (Lipinski definition) is 3. The molecule has 5 nitrogen and oxygen atoms in total. The molecule has 148 valence electrons. The molecule has 0 atom stereocenters. The fourth-order valence-corrected chi connectivity index (χ4v) is 2.90. The standard InChI is InChI=1S/C24H24N2O3/c1-16(2)17-11-13-20(14-12-17)25-23(27)18-7-6-8-19(15-18)24(28)26-21-9-4-5-10-22(21)29-3/h4-16H,1-3H3,(H,25,27)(H,26,28). The van der Waals surface area contributed by atoms with Gasteiger partial charge in [-0.25, -0.2) is 0 Å². The van der Waals surface area contributed by atoms with Crippen molar-refractivity contribution >= 4 is 23.2 Å². The fourth-order valence-electron chi connectivity index (χ4n) is 2.90. The van der Waals surface area contributed by atoms with E-state index in [1.807, 2.05) is 36.4 Å². The molecular weight excluding hydrogens is 364 g/mol. The molecule has 0 unspecified atom stereocenters. The van der Waals surface area contributed by atoms with Gasteiger partial charge in [-0.05, 0) is 53.9 Å². The first-order valence-corrected chi connectivity index (χ1v) is 9.43. The summed E-state index contributed by atoms with van der Waals surface area (Å²) in [5.41, 5.74) is 3.28. The molecule has 0 saturated heterocycles. The summed E-state index contributed by atoms with van der Waals surface area (Å²) >= 11 is 0. The van der Waals surface area contributed by atoms with Gasteiger partial charge in [-0.1, -0.05) is 44.2 Å². The number of amides is 2. The van der Waals surface area contributed by atoms with Crippen LogP contribution in [0.25, 0.3) is 0 Å². The van der Waals surface area contributed by atoms with Crippen molar-refractivity contribution in [2.75, 3.05) is 17.7 Å². The lowest BCUT2D eigenvalue weighted by Crippen LogP contribution is -2.16. The second-order valence-electron chi connectivity index (χ2n) is 6.97. The maximum Gasteiger partial charge on any atom is 0.255 e. The number of ether oxygens (including phenoxy) is 1. The maximum absolute atomic E-state index is 12.6. The molecule has 5 heteroatoms. The third-order valence-electron chi connectivity index (χ3n) is 4.58. The quantitative estimate of drug-likeness (QED) is 0.600. The third-order valence-corrected chi connectivity index (χ3v) is 4.58. The van der Waals surface area contributed by atoms with Crippen LogP contribution >= 0.6 is 0 Å². The molecule has 29 heavy (non-hydrogen) atoms. The van der Waals surface area contributed by atoms with E-state index < -0.39 is 0 Å². The lowest BCUT2D eigenvalue weighted by molar-refractivity contribution is 0.102. The van der Waals surface area contributed by atoms with Crippen LogP contribution in [0.3, 0.4) is 0 Å². The highest BCUT2D eigenvalue weighted by atomic mass is 16.5. The van der Waals surface area contributed by atoms with Crippen molar-refractivity contribution in [2.45, 2.75) is 19.8 Å². The van der Waals surface area contributed by atoms with Crippen LogP contribution in [0.15, 0.2) is 72.8 Å². The SMILES string of the molecule is COc1ccccc1NC(=O)c1cccc(C(=O)Nc2ccc(C(C)C)cc2)c1. The Hall–Kier alpha value is -3.60. The maximum atomic E-state index is 12.6. The van der Waals surface area contributed by atoms with Gasteiger partial charge in [-0.2, -0.15) is 0 Å². The molecule has 0 saturated carbocycles. The molecule has 3 aromatic rings. The Morgan fingerprint density at radius 2 is 1.41 bits per heavy atom. The van der Waals surface area contributed by atoms with Crippen LogP contribution in [-0.4, -0.2) is 18.9 Å². The monoisotopic (exact) mass is 388 g/mol. The molecule has 0 aromatic heterocycles. The lowest BCUT2D eigenvalue weighted by Gasteiger charge is -2.11. The van der Waals surface area contributed by atoms with Gasteiger partial charge in [0.25, 0.3) is 11.8 Å². The van der Waals surface area contributed by atoms with Crippen LogP contribution in [0.1, 0.15) is 46.0 Å². The molecule has 0 spiro atoms. The number of carbonyl (C=O) groups is 2. The van der Waals surface area contributed by atoms with E-state index >= 15 is 0 Å². The highest BCUT2D eigenvalue weighted by molar-refractivity contribution is 6.09. The Morgan fingerprint density at radius 3 is 2.03 bits per heavy atom. The predicted molar refractivity (Wildman–Crippen MR) is 116 cm³/mol. The molecule has 0 aliphatic heterocycles. The Balaban J connectivity index is 1.72. The summed E-state index contributed by atoms with van der Waals surface area (Å²) in [7, 11) is 1.55. The van der Waals surface area contributed by atoms with Crippen molar-refractivity contribution in [1.82, 2.24) is 0 Å². The molecule has 0 fully saturated rings. The number of rotatable bonds is 6. The zero-order valence-electron chi connectivity index (χ0n) is 16.7. The molecule has 0 bridgehead atoms. The van der Waals surface area contributed by atoms with Gasteiger partial charge in [0.15, 0.2) is 0 Å². The van der Waals surface area contributed by atoms with E-state index in [0.29, 0.717) is 34.2 Å². The second kappa shape index (κ2) is 9.06. The van der Waals surface area contributed by atoms with Crippen LogP contribution in [0.2, 0.25) is 0 Å². The van der Waals surface area contributed by atoms with E-state index in [0.717, 1.165) is 0 Å². The first kappa shape index (κ1) is 20.1. The van der Waals surface area contributed by atoms with Crippen molar-refractivity contribution in [1.29, 1.82) is 0 Å². The number of carbonyl (C=O) groups excluding carboxylic acids is 2. The highest BCUT2D eigenvalue weighted by Crippen LogP contribution is 2.24. The Kier molecular flexibility index (Phi) is 6.29. The summed E-state index contributed by atoms with van der Waals surface area (Å²) in [6.07, 6.45) is 0. The molecular formula is C24H24N2O3. The molecule has 0 radical (unpaired) electrons. The van der Waals surface area contributed by atoms with Crippen LogP contribution < -0.4 is 15.4 Å². The number of hydrogen-bond donors (Lipinski definition) is 2. The Bertz CT molecular complexity index is 1010. The minimum absolute atomic E-state index is 0.269. The summed E-state index contributed by atoms with van der Waals surface area (Å²) in [5, 5.41) is 5.68. The second-order valence-corrected chi connectivity index (χ2v) is 6.97. The first-order valence-electron chi connectivity index (χ1n) is 9.43. The van der Waals surface area contributed by atoms with E-state index in [4.69, 9.17) is 4.74 Å². The van der Waals surface area contributed by atoms with Gasteiger partial charge in [-0.3, -0.25) is 9.59 Å². The minimum Gasteiger partial charge on any atom is -0.495 e. The first-order chi connectivity index (χ1) is 14.0. The zero-order chi connectivity index (χ0) is 20.8. The third kappa shape index (κ3) is 5.02. The molecule has 0 heterocycles. The van der Waals surface area contributed by atoms with Gasteiger partial charge in [0.05, 0.1) is 12.8 Å². The van der Waals surface area contributed by atoms with Crippen LogP contribution in [0, 0.1) is 0 Å². The minimum atomic E-state index is -0.314. The van der Waals surface area contributed by atoms with Gasteiger partial charge in [0.2, 0.25) is 0 Å². The molecule has 3 aromatic carbocycles. The average molecular weight is 388 g/mol. The van der Waals surface area contributed by atoms with Crippen LogP contribution in [-0.2, 0) is 0 Å². The molecule has 2 N–H and O–H groups in total. The van der Waals surface area contributed by atoms with E-state index in [1.54, 1.807) is 43.5 Å². The van der Waals surface area contributed by atoms with Gasteiger partial charge in [0, 0.05) is 16.8 Å². The zero-order valence-corrected chi connectivity index (χ0v) is 16.7. The molecule has 2 amide bonds. The molecule has 3 rings (SSSR count). The average Bonchev–Trinajstić information content (AvgIpc) is 2.74. The largest absolute Gasteiger partial charge is 0.495 e. The van der Waals surface area contributed by atoms with E-state index in [-0.39, 0.29) is 11.8 Å². The number of methoxy groups -OCH3 is 1. The fraction of sp³-hybridized carbons (Fsp3) is 0.167. The van der Waals surface area contributed by atoms with Crippen molar-refractivity contribution in [3.05, 3.63) is 89.5 Å². The summed E-state index contributed by atoms with van der Waals surface area (Å²) in [6.45, 7) is 4.24. The van der Waals surface area contributed by atoms with E-state index in [1.165, 1.54) is 5.56 Å². The van der Waals surface area contributed by atoms with Gasteiger partial charge < -0.3 is 15.4 Å². The van der Waals surface area contributed by atoms with E-state index in [9.17, 15) is 9.59 Å². The summed E-state index contributed by atoms with van der Waals surface area (Å²) in [6, 6.07) is 21.5. The topological polar surface area (TPSA) is 67.4 Å². The summed E-state index contributed by atoms with van der Waals surface area (Å²) in [5.74, 6) is 0.414. The highest BCUT2D eigenvalue weighted by Gasteiger charge is 2.13. The normalized spacial score (nSPS) is 10.5. The van der Waals surface area contributed by atoms with Gasteiger partial charge >= 0.3 is 0 Å². The molecule has 0 aliphatic rings. The number of para-hydroxylation sites is 2. The van der Waals surface area contributed by atoms with Crippen LogP contribution in [0.5, 0.6) is 5.75 Å². The Labute approximate surface area is 170 Å². The number of benzene rings is 3. The summed E-state index contributed by atoms with van der Waals surface area (Å²) < 4.78 is 5.25. The molecule has 0 aliphatic carbocycles. The number of anilines is 2. The Morgan fingerprint density at radius 1 is 0.793 bits per heavy atom. The van der Waals surface area contributed by atoms with Crippen molar-refractivity contribution < 1.29 is 14.3 Å². The lowest BCUT2D eigenvalue weighted by atomic mass is 10.0. The van der Waals surface area contributed by atoms with Crippen molar-refractivity contribution in [3.8, 4) is 5.75 Å². The smallest absolute Gasteiger partial charge is 0.255 e. The number of nitrogens with one attached hydrogen (secondary N) is 2. The van der Waals surface area contributed by atoms with Gasteiger partial charge in [0.1, 0.15) is 5.75 Å². The summed E-state index contributed by atoms with van der Waals surface area (Å²) in [4.78, 5) is 25.2.